The van der Waals surface area contributed by atoms with Crippen molar-refractivity contribution in [3.05, 3.63) is 58.7 Å². The molecule has 1 aromatic rings. The van der Waals surface area contributed by atoms with Gasteiger partial charge in [0.15, 0.2) is 0 Å². The molecule has 6 heteroatoms. The molecule has 5 nitrogen and oxygen atoms in total. The second kappa shape index (κ2) is 7.10. The van der Waals surface area contributed by atoms with Crippen molar-refractivity contribution < 1.29 is 18.1 Å². The fraction of sp³-hybridized carbons (Fsp3) is 0.545. The molecule has 0 aliphatic heterocycles. The Kier molecular flexibility index (Phi) is 5.02. The summed E-state index contributed by atoms with van der Waals surface area (Å²) >= 11 is 0. The van der Waals surface area contributed by atoms with Crippen LogP contribution in [0.25, 0.3) is 0 Å². The Balaban J connectivity index is 1.82. The maximum atomic E-state index is 12.1. The predicted octanol–water partition coefficient (Wildman–Crippen LogP) is 3.10. The summed E-state index contributed by atoms with van der Waals surface area (Å²) in [4.78, 5) is 1.90. The molecule has 2 bridgehead atoms. The number of aliphatic hydroxyl groups is 1. The molecule has 28 heavy (non-hydrogen) atoms. The van der Waals surface area contributed by atoms with Gasteiger partial charge in [-0.2, -0.15) is 8.42 Å². The van der Waals surface area contributed by atoms with Crippen LogP contribution in [0.4, 0.5) is 0 Å². The summed E-state index contributed by atoms with van der Waals surface area (Å²) in [5.74, 6) is 0.105. The number of hydrogen-bond acceptors (Lipinski definition) is 4. The van der Waals surface area contributed by atoms with Crippen LogP contribution in [0, 0.1) is 5.41 Å². The molecular weight excluding hydrogens is 374 g/mol. The molecule has 0 aromatic heterocycles. The van der Waals surface area contributed by atoms with Crippen molar-refractivity contribution in [3.8, 4) is 0 Å². The minimum Gasteiger partial charge on any atom is -0.392 e. The van der Waals surface area contributed by atoms with Crippen LogP contribution in [0.15, 0.2) is 47.6 Å². The zero-order valence-electron chi connectivity index (χ0n) is 16.5. The number of hydrogen-bond donors (Lipinski definition) is 2. The Morgan fingerprint density at radius 2 is 1.82 bits per heavy atom. The van der Waals surface area contributed by atoms with Gasteiger partial charge in [0, 0.05) is 23.8 Å². The van der Waals surface area contributed by atoms with Gasteiger partial charge in [0.05, 0.1) is 11.9 Å². The Morgan fingerprint density at radius 1 is 1.18 bits per heavy atom. The minimum atomic E-state index is -4.19. The molecular formula is C22H29NO4S. The van der Waals surface area contributed by atoms with E-state index in [0.717, 1.165) is 18.4 Å². The van der Waals surface area contributed by atoms with E-state index in [1.54, 1.807) is 0 Å². The minimum absolute atomic E-state index is 0.162. The van der Waals surface area contributed by atoms with E-state index in [-0.39, 0.29) is 17.6 Å². The lowest BCUT2D eigenvalue weighted by molar-refractivity contribution is 0.0901. The highest BCUT2D eigenvalue weighted by Crippen LogP contribution is 2.61. The quantitative estimate of drug-likeness (QED) is 0.714. The maximum absolute atomic E-state index is 12.1. The molecule has 0 saturated heterocycles. The first kappa shape index (κ1) is 19.8. The Morgan fingerprint density at radius 3 is 2.46 bits per heavy atom. The summed E-state index contributed by atoms with van der Waals surface area (Å²) in [5, 5.41) is 10.7. The first-order chi connectivity index (χ1) is 13.2. The summed E-state index contributed by atoms with van der Waals surface area (Å²) in [7, 11) is -0.410. The third-order valence-corrected chi connectivity index (χ3v) is 7.48. The van der Waals surface area contributed by atoms with E-state index in [0.29, 0.717) is 19.4 Å². The fourth-order valence-electron chi connectivity index (χ4n) is 5.88. The normalized spacial score (nSPS) is 29.8. The zero-order chi connectivity index (χ0) is 20.1. The van der Waals surface area contributed by atoms with Gasteiger partial charge in [-0.15, -0.1) is 0 Å². The average molecular weight is 404 g/mol. The molecule has 4 aliphatic rings. The van der Waals surface area contributed by atoms with Gasteiger partial charge in [0.2, 0.25) is 0 Å². The van der Waals surface area contributed by atoms with Crippen LogP contribution in [0.3, 0.4) is 0 Å². The molecule has 4 unspecified atom stereocenters. The molecule has 0 heterocycles. The molecule has 0 saturated carbocycles. The second-order valence-corrected chi connectivity index (χ2v) is 10.4. The lowest BCUT2D eigenvalue weighted by Gasteiger charge is -2.51. The topological polar surface area (TPSA) is 77.8 Å². The number of aliphatic hydroxyl groups excluding tert-OH is 1. The predicted molar refractivity (Wildman–Crippen MR) is 110 cm³/mol. The van der Waals surface area contributed by atoms with E-state index >= 15 is 0 Å². The van der Waals surface area contributed by atoms with Gasteiger partial charge in [0.1, 0.15) is 0 Å². The molecule has 0 radical (unpaired) electrons. The zero-order valence-corrected chi connectivity index (χ0v) is 17.3. The SMILES string of the molecule is CN(C)CC(O)CC1(CS(=O)(=O)O)CC=CC2=C1C1CCC2c2ccccc21. The largest absolute Gasteiger partial charge is 0.392 e. The van der Waals surface area contributed by atoms with E-state index in [9.17, 15) is 18.1 Å². The van der Waals surface area contributed by atoms with Gasteiger partial charge in [-0.3, -0.25) is 4.55 Å². The highest BCUT2D eigenvalue weighted by Gasteiger charge is 2.50. The lowest BCUT2D eigenvalue weighted by atomic mass is 9.54. The van der Waals surface area contributed by atoms with Gasteiger partial charge < -0.3 is 10.0 Å². The Bertz CT molecular complexity index is 934. The summed E-state index contributed by atoms with van der Waals surface area (Å²) in [5.41, 5.74) is 4.22. The molecule has 0 amide bonds. The third kappa shape index (κ3) is 3.47. The van der Waals surface area contributed by atoms with Crippen molar-refractivity contribution in [1.29, 1.82) is 0 Å². The van der Waals surface area contributed by atoms with Crippen LogP contribution in [-0.2, 0) is 10.1 Å². The molecule has 152 valence electrons. The molecule has 5 rings (SSSR count). The van der Waals surface area contributed by atoms with Crippen LogP contribution in [0.2, 0.25) is 0 Å². The molecule has 1 aromatic carbocycles. The van der Waals surface area contributed by atoms with Crippen molar-refractivity contribution in [2.75, 3.05) is 26.4 Å². The van der Waals surface area contributed by atoms with Crippen LogP contribution in [0.1, 0.15) is 48.6 Å². The highest BCUT2D eigenvalue weighted by atomic mass is 32.2. The smallest absolute Gasteiger partial charge is 0.265 e. The van der Waals surface area contributed by atoms with Crippen molar-refractivity contribution in [2.45, 2.75) is 43.6 Å². The summed E-state index contributed by atoms with van der Waals surface area (Å²) in [6, 6.07) is 8.45. The van der Waals surface area contributed by atoms with Crippen molar-refractivity contribution in [3.63, 3.8) is 0 Å². The van der Waals surface area contributed by atoms with Gasteiger partial charge in [-0.1, -0.05) is 42.0 Å². The molecule has 4 atom stereocenters. The molecule has 2 N–H and O–H groups in total. The van der Waals surface area contributed by atoms with Gasteiger partial charge >= 0.3 is 0 Å². The van der Waals surface area contributed by atoms with Crippen molar-refractivity contribution in [2.24, 2.45) is 5.41 Å². The summed E-state index contributed by atoms with van der Waals surface area (Å²) in [6.07, 6.45) is 6.45. The fourth-order valence-corrected chi connectivity index (χ4v) is 6.97. The van der Waals surface area contributed by atoms with Crippen LogP contribution >= 0.6 is 0 Å². The van der Waals surface area contributed by atoms with Gasteiger partial charge in [-0.25, -0.2) is 0 Å². The third-order valence-electron chi connectivity index (χ3n) is 6.56. The Hall–Kier alpha value is -1.47. The van der Waals surface area contributed by atoms with Crippen LogP contribution < -0.4 is 0 Å². The highest BCUT2D eigenvalue weighted by molar-refractivity contribution is 7.85. The molecule has 0 fully saturated rings. The van der Waals surface area contributed by atoms with Gasteiger partial charge in [0.25, 0.3) is 10.1 Å². The van der Waals surface area contributed by atoms with Crippen molar-refractivity contribution >= 4 is 10.1 Å². The summed E-state index contributed by atoms with van der Waals surface area (Å²) in [6.45, 7) is 0.463. The average Bonchev–Trinajstić information content (AvgIpc) is 2.60. The van der Waals surface area contributed by atoms with E-state index in [1.807, 2.05) is 31.1 Å². The van der Waals surface area contributed by atoms with Crippen LogP contribution in [-0.4, -0.2) is 55.5 Å². The van der Waals surface area contributed by atoms with Gasteiger partial charge in [-0.05, 0) is 56.5 Å². The van der Waals surface area contributed by atoms with E-state index < -0.39 is 21.6 Å². The first-order valence-electron chi connectivity index (χ1n) is 9.98. The molecule has 0 spiro atoms. The van der Waals surface area contributed by atoms with E-state index in [2.05, 4.69) is 24.3 Å². The maximum Gasteiger partial charge on any atom is 0.265 e. The van der Waals surface area contributed by atoms with E-state index in [4.69, 9.17) is 0 Å². The second-order valence-electron chi connectivity index (χ2n) is 8.91. The van der Waals surface area contributed by atoms with Crippen molar-refractivity contribution in [1.82, 2.24) is 4.90 Å². The number of rotatable bonds is 6. The first-order valence-corrected chi connectivity index (χ1v) is 11.6. The number of nitrogens with zero attached hydrogens (tertiary/aromatic N) is 1. The number of fused-ring (bicyclic) bond motifs is 1. The molecule has 4 aliphatic carbocycles. The number of likely N-dealkylation sites (N-methyl/N-ethyl adjacent to an activating group) is 1. The summed E-state index contributed by atoms with van der Waals surface area (Å²) < 4.78 is 33.9. The monoisotopic (exact) mass is 403 g/mol. The Labute approximate surface area is 167 Å². The van der Waals surface area contributed by atoms with E-state index in [1.165, 1.54) is 16.7 Å². The number of benzene rings is 1. The number of allylic oxidation sites excluding steroid dienone is 4. The standard InChI is InChI=1S/C22H29NO4S/c1-23(2)13-15(24)12-22(14-28(25,26)27)11-5-8-19-18-9-10-20(21(19)22)17-7-4-3-6-16(17)18/h3-8,15,18,20,24H,9-14H2,1-2H3,(H,25,26,27). The lowest BCUT2D eigenvalue weighted by Crippen LogP contribution is -2.44. The van der Waals surface area contributed by atoms with Crippen LogP contribution in [0.5, 0.6) is 0 Å².